The van der Waals surface area contributed by atoms with Gasteiger partial charge in [-0.15, -0.1) is 0 Å². The van der Waals surface area contributed by atoms with Gasteiger partial charge in [-0.05, 0) is 32.0 Å². The summed E-state index contributed by atoms with van der Waals surface area (Å²) in [6.45, 7) is 0.478. The lowest BCUT2D eigenvalue weighted by atomic mass is 9.91. The first-order valence-electron chi connectivity index (χ1n) is 6.80. The zero-order chi connectivity index (χ0) is 14.7. The van der Waals surface area contributed by atoms with Crippen molar-refractivity contribution in [2.24, 2.45) is 0 Å². The van der Waals surface area contributed by atoms with Crippen molar-refractivity contribution in [3.63, 3.8) is 0 Å². The van der Waals surface area contributed by atoms with Gasteiger partial charge in [-0.1, -0.05) is 28.8 Å². The molecule has 1 aliphatic rings. The van der Waals surface area contributed by atoms with Crippen LogP contribution >= 0.6 is 15.9 Å². The third kappa shape index (κ3) is 3.56. The minimum Gasteiger partial charge on any atom is -0.391 e. The van der Waals surface area contributed by atoms with Crippen LogP contribution in [0, 0.1) is 10.1 Å². The number of rotatable bonds is 4. The number of nitrogens with zero attached hydrogens (tertiary/aromatic N) is 2. The SMILES string of the molecule is CN(Cc1ccc(Br)cc1[N+](=O)[O-])C1CCCCC1O. The van der Waals surface area contributed by atoms with Crippen LogP contribution in [-0.4, -0.2) is 34.1 Å². The molecule has 0 heterocycles. The Kier molecular flexibility index (Phi) is 5.12. The van der Waals surface area contributed by atoms with E-state index in [4.69, 9.17) is 0 Å². The van der Waals surface area contributed by atoms with Gasteiger partial charge in [-0.3, -0.25) is 15.0 Å². The van der Waals surface area contributed by atoms with E-state index >= 15 is 0 Å². The summed E-state index contributed by atoms with van der Waals surface area (Å²) in [5.74, 6) is 0. The molecular weight excluding hydrogens is 324 g/mol. The minimum atomic E-state index is -0.356. The number of benzene rings is 1. The molecule has 1 fully saturated rings. The smallest absolute Gasteiger partial charge is 0.275 e. The van der Waals surface area contributed by atoms with Gasteiger partial charge in [0.15, 0.2) is 0 Å². The summed E-state index contributed by atoms with van der Waals surface area (Å²) in [5.41, 5.74) is 0.801. The Balaban J connectivity index is 2.14. The largest absolute Gasteiger partial charge is 0.391 e. The Bertz CT molecular complexity index is 495. The van der Waals surface area contributed by atoms with E-state index in [1.807, 2.05) is 18.0 Å². The maximum absolute atomic E-state index is 11.1. The molecule has 20 heavy (non-hydrogen) atoms. The predicted molar refractivity (Wildman–Crippen MR) is 80.5 cm³/mol. The molecule has 0 aliphatic heterocycles. The molecule has 1 aromatic rings. The molecular formula is C14H19BrN2O3. The van der Waals surface area contributed by atoms with Crippen LogP contribution in [0.25, 0.3) is 0 Å². The third-order valence-corrected chi connectivity index (χ3v) is 4.42. The molecule has 2 rings (SSSR count). The first-order chi connectivity index (χ1) is 9.49. The zero-order valence-corrected chi connectivity index (χ0v) is 13.0. The molecule has 2 atom stereocenters. The number of aliphatic hydroxyl groups excluding tert-OH is 1. The van der Waals surface area contributed by atoms with Crippen LogP contribution in [0.4, 0.5) is 5.69 Å². The molecule has 2 unspecified atom stereocenters. The zero-order valence-electron chi connectivity index (χ0n) is 11.5. The molecule has 0 radical (unpaired) electrons. The normalized spacial score (nSPS) is 23.0. The van der Waals surface area contributed by atoms with Crippen LogP contribution < -0.4 is 0 Å². The number of nitro benzene ring substituents is 1. The Morgan fingerprint density at radius 2 is 2.15 bits per heavy atom. The van der Waals surface area contributed by atoms with E-state index in [9.17, 15) is 15.2 Å². The summed E-state index contributed by atoms with van der Waals surface area (Å²) in [7, 11) is 1.92. The summed E-state index contributed by atoms with van der Waals surface area (Å²) < 4.78 is 0.702. The lowest BCUT2D eigenvalue weighted by Gasteiger charge is -2.35. The minimum absolute atomic E-state index is 0.0898. The molecule has 5 nitrogen and oxygen atoms in total. The molecule has 0 spiro atoms. The van der Waals surface area contributed by atoms with Crippen molar-refractivity contribution in [1.29, 1.82) is 0 Å². The van der Waals surface area contributed by atoms with Crippen molar-refractivity contribution in [2.45, 2.75) is 44.4 Å². The molecule has 110 valence electrons. The highest BCUT2D eigenvalue weighted by molar-refractivity contribution is 9.10. The molecule has 0 bridgehead atoms. The number of hydrogen-bond acceptors (Lipinski definition) is 4. The number of likely N-dealkylation sites (N-methyl/N-ethyl adjacent to an activating group) is 1. The highest BCUT2D eigenvalue weighted by Gasteiger charge is 2.27. The first kappa shape index (κ1) is 15.4. The number of nitro groups is 1. The second-order valence-corrected chi connectivity index (χ2v) is 6.28. The number of aliphatic hydroxyl groups is 1. The second kappa shape index (κ2) is 6.65. The summed E-state index contributed by atoms with van der Waals surface area (Å²) in [6, 6.07) is 5.20. The molecule has 1 aromatic carbocycles. The van der Waals surface area contributed by atoms with Crippen molar-refractivity contribution >= 4 is 21.6 Å². The third-order valence-electron chi connectivity index (χ3n) is 3.92. The van der Waals surface area contributed by atoms with Crippen molar-refractivity contribution in [2.75, 3.05) is 7.05 Å². The maximum Gasteiger partial charge on any atom is 0.275 e. The molecule has 6 heteroatoms. The Morgan fingerprint density at radius 3 is 2.80 bits per heavy atom. The van der Waals surface area contributed by atoms with Gasteiger partial charge < -0.3 is 5.11 Å². The van der Waals surface area contributed by atoms with Crippen molar-refractivity contribution in [1.82, 2.24) is 4.90 Å². The van der Waals surface area contributed by atoms with Crippen LogP contribution in [0.3, 0.4) is 0 Å². The summed E-state index contributed by atoms with van der Waals surface area (Å²) in [5, 5.41) is 21.2. The van der Waals surface area contributed by atoms with Gasteiger partial charge in [0.25, 0.3) is 5.69 Å². The number of hydrogen-bond donors (Lipinski definition) is 1. The highest BCUT2D eigenvalue weighted by atomic mass is 79.9. The lowest BCUT2D eigenvalue weighted by molar-refractivity contribution is -0.385. The van der Waals surface area contributed by atoms with Crippen molar-refractivity contribution < 1.29 is 10.0 Å². The van der Waals surface area contributed by atoms with Crippen LogP contribution in [0.2, 0.25) is 0 Å². The second-order valence-electron chi connectivity index (χ2n) is 5.36. The van der Waals surface area contributed by atoms with Crippen LogP contribution in [-0.2, 0) is 6.54 Å². The molecule has 1 aliphatic carbocycles. The highest BCUT2D eigenvalue weighted by Crippen LogP contribution is 2.28. The van der Waals surface area contributed by atoms with Crippen LogP contribution in [0.1, 0.15) is 31.2 Å². The topological polar surface area (TPSA) is 66.6 Å². The van der Waals surface area contributed by atoms with E-state index in [1.165, 1.54) is 6.07 Å². The van der Waals surface area contributed by atoms with Gasteiger partial charge in [0.1, 0.15) is 0 Å². The van der Waals surface area contributed by atoms with Crippen LogP contribution in [0.5, 0.6) is 0 Å². The van der Waals surface area contributed by atoms with Gasteiger partial charge in [-0.25, -0.2) is 0 Å². The summed E-state index contributed by atoms with van der Waals surface area (Å²) in [6.07, 6.45) is 3.60. The van der Waals surface area contributed by atoms with E-state index in [2.05, 4.69) is 15.9 Å². The Hall–Kier alpha value is -0.980. The summed E-state index contributed by atoms with van der Waals surface area (Å²) >= 11 is 3.26. The van der Waals surface area contributed by atoms with E-state index in [0.717, 1.165) is 25.7 Å². The Morgan fingerprint density at radius 1 is 1.45 bits per heavy atom. The van der Waals surface area contributed by atoms with Crippen molar-refractivity contribution in [3.05, 3.63) is 38.3 Å². The first-order valence-corrected chi connectivity index (χ1v) is 7.59. The van der Waals surface area contributed by atoms with Crippen molar-refractivity contribution in [3.8, 4) is 0 Å². The monoisotopic (exact) mass is 342 g/mol. The van der Waals surface area contributed by atoms with E-state index in [-0.39, 0.29) is 22.8 Å². The molecule has 0 saturated heterocycles. The van der Waals surface area contributed by atoms with Gasteiger partial charge in [-0.2, -0.15) is 0 Å². The lowest BCUT2D eigenvalue weighted by Crippen LogP contribution is -2.42. The van der Waals surface area contributed by atoms with Gasteiger partial charge in [0.05, 0.1) is 11.0 Å². The molecule has 0 amide bonds. The van der Waals surface area contributed by atoms with E-state index < -0.39 is 0 Å². The number of halogens is 1. The quantitative estimate of drug-likeness (QED) is 0.674. The van der Waals surface area contributed by atoms with Gasteiger partial charge in [0.2, 0.25) is 0 Å². The van der Waals surface area contributed by atoms with Gasteiger partial charge in [0, 0.05) is 28.7 Å². The van der Waals surface area contributed by atoms with Crippen LogP contribution in [0.15, 0.2) is 22.7 Å². The fourth-order valence-corrected chi connectivity index (χ4v) is 3.18. The van der Waals surface area contributed by atoms with E-state index in [1.54, 1.807) is 6.07 Å². The summed E-state index contributed by atoms with van der Waals surface area (Å²) in [4.78, 5) is 12.8. The fraction of sp³-hybridized carbons (Fsp3) is 0.571. The van der Waals surface area contributed by atoms with Gasteiger partial charge >= 0.3 is 0 Å². The fourth-order valence-electron chi connectivity index (χ4n) is 2.83. The standard InChI is InChI=1S/C14H19BrN2O3/c1-16(12-4-2-3-5-14(12)18)9-10-6-7-11(15)8-13(10)17(19)20/h6-8,12,14,18H,2-5,9H2,1H3. The average Bonchev–Trinajstić information content (AvgIpc) is 2.41. The molecule has 0 aromatic heterocycles. The average molecular weight is 343 g/mol. The molecule has 1 N–H and O–H groups in total. The maximum atomic E-state index is 11.1. The Labute approximate surface area is 126 Å². The van der Waals surface area contributed by atoms with E-state index in [0.29, 0.717) is 16.6 Å². The predicted octanol–water partition coefficient (Wildman–Crippen LogP) is 3.09. The molecule has 1 saturated carbocycles.